The first-order chi connectivity index (χ1) is 13.8. The van der Waals surface area contributed by atoms with Crippen molar-refractivity contribution in [3.63, 3.8) is 0 Å². The minimum absolute atomic E-state index is 0.0446. The molecule has 0 saturated carbocycles. The van der Waals surface area contributed by atoms with E-state index in [1.807, 2.05) is 19.9 Å². The third-order valence-corrected chi connectivity index (χ3v) is 6.57. The average Bonchev–Trinajstić information content (AvgIpc) is 2.91. The van der Waals surface area contributed by atoms with Crippen LogP contribution in [0.3, 0.4) is 0 Å². The second-order valence-corrected chi connectivity index (χ2v) is 8.83. The van der Waals surface area contributed by atoms with Gasteiger partial charge in [-0.3, -0.25) is 4.79 Å². The van der Waals surface area contributed by atoms with Crippen LogP contribution in [-0.2, 0) is 19.1 Å². The molecular weight excluding hydrogens is 364 g/mol. The van der Waals surface area contributed by atoms with Gasteiger partial charge in [0, 0.05) is 6.42 Å². The van der Waals surface area contributed by atoms with Crippen molar-refractivity contribution in [2.24, 2.45) is 11.3 Å². The van der Waals surface area contributed by atoms with Crippen LogP contribution in [0, 0.1) is 11.3 Å². The Labute approximate surface area is 172 Å². The summed E-state index contributed by atoms with van der Waals surface area (Å²) < 4.78 is 11.8. The summed E-state index contributed by atoms with van der Waals surface area (Å²) in [6, 6.07) is 0. The van der Waals surface area contributed by atoms with Crippen molar-refractivity contribution in [1.29, 1.82) is 0 Å². The summed E-state index contributed by atoms with van der Waals surface area (Å²) in [5.74, 6) is -0.380. The van der Waals surface area contributed by atoms with Gasteiger partial charge in [-0.15, -0.1) is 0 Å². The van der Waals surface area contributed by atoms with Crippen molar-refractivity contribution in [1.82, 2.24) is 0 Å². The molecule has 0 aromatic carbocycles. The zero-order valence-corrected chi connectivity index (χ0v) is 17.6. The fourth-order valence-electron chi connectivity index (χ4n) is 4.83. The van der Waals surface area contributed by atoms with E-state index in [1.54, 1.807) is 6.08 Å². The third-order valence-electron chi connectivity index (χ3n) is 6.57. The van der Waals surface area contributed by atoms with Gasteiger partial charge in [-0.1, -0.05) is 54.5 Å². The van der Waals surface area contributed by atoms with Crippen molar-refractivity contribution >= 4 is 11.8 Å². The number of hydrogen-bond acceptors (Lipinski definition) is 4. The minimum Gasteiger partial charge on any atom is -0.488 e. The summed E-state index contributed by atoms with van der Waals surface area (Å²) >= 11 is 0. The van der Waals surface area contributed by atoms with E-state index in [4.69, 9.17) is 9.47 Å². The molecule has 0 aromatic rings. The molecule has 29 heavy (non-hydrogen) atoms. The van der Waals surface area contributed by atoms with E-state index in [-0.39, 0.29) is 17.3 Å². The second-order valence-electron chi connectivity index (χ2n) is 8.83. The van der Waals surface area contributed by atoms with Crippen LogP contribution in [0.1, 0.15) is 47.0 Å². The molecule has 4 bridgehead atoms. The normalized spacial score (nSPS) is 41.7. The van der Waals surface area contributed by atoms with Gasteiger partial charge < -0.3 is 9.47 Å². The Bertz CT molecular complexity index is 955. The molecule has 0 radical (unpaired) electrons. The SMILES string of the molecule is CC1=C[C@]2(C)/C=C(C)/C=C/CC/C=C3C=C/C(=C4\C(=O)O[C@]2(C[C@@H]1C)C4=O)OC/3. The lowest BCUT2D eigenvalue weighted by molar-refractivity contribution is -0.162. The maximum Gasteiger partial charge on any atom is 0.346 e. The first-order valence-corrected chi connectivity index (χ1v) is 10.3. The molecule has 0 unspecified atom stereocenters. The molecule has 0 N–H and O–H groups in total. The Morgan fingerprint density at radius 1 is 1.07 bits per heavy atom. The maximum atomic E-state index is 13.8. The fraction of sp³-hybridized carbons (Fsp3) is 0.440. The molecule has 152 valence electrons. The molecule has 3 heterocycles. The quantitative estimate of drug-likeness (QED) is 0.334. The Morgan fingerprint density at radius 3 is 2.59 bits per heavy atom. The number of rotatable bonds is 0. The molecule has 1 spiro atoms. The second kappa shape index (κ2) is 7.01. The summed E-state index contributed by atoms with van der Waals surface area (Å²) in [5, 5.41) is 0. The third kappa shape index (κ3) is 3.15. The lowest BCUT2D eigenvalue weighted by Gasteiger charge is -2.45. The highest BCUT2D eigenvalue weighted by Crippen LogP contribution is 2.53. The van der Waals surface area contributed by atoms with Crippen LogP contribution in [-0.4, -0.2) is 24.0 Å². The summed E-state index contributed by atoms with van der Waals surface area (Å²) in [4.78, 5) is 26.7. The van der Waals surface area contributed by atoms with Crippen LogP contribution >= 0.6 is 0 Å². The molecule has 3 aliphatic heterocycles. The summed E-state index contributed by atoms with van der Waals surface area (Å²) in [7, 11) is 0. The van der Waals surface area contributed by atoms with Crippen molar-refractivity contribution < 1.29 is 19.1 Å². The van der Waals surface area contributed by atoms with Gasteiger partial charge in [-0.2, -0.15) is 0 Å². The molecule has 3 atom stereocenters. The van der Waals surface area contributed by atoms with Crippen LogP contribution in [0.4, 0.5) is 0 Å². The predicted octanol–water partition coefficient (Wildman–Crippen LogP) is 4.91. The van der Waals surface area contributed by atoms with Crippen molar-refractivity contribution in [3.8, 4) is 0 Å². The summed E-state index contributed by atoms with van der Waals surface area (Å²) in [6.45, 7) is 8.54. The highest BCUT2D eigenvalue weighted by Gasteiger charge is 2.63. The molecule has 1 saturated heterocycles. The van der Waals surface area contributed by atoms with Gasteiger partial charge in [0.15, 0.2) is 5.60 Å². The zero-order chi connectivity index (χ0) is 20.8. The number of ether oxygens (including phenoxy) is 2. The van der Waals surface area contributed by atoms with Crippen molar-refractivity contribution in [2.75, 3.05) is 6.61 Å². The Morgan fingerprint density at radius 2 is 1.86 bits per heavy atom. The van der Waals surface area contributed by atoms with Crippen molar-refractivity contribution in [3.05, 3.63) is 70.6 Å². The molecule has 2 aliphatic carbocycles. The predicted molar refractivity (Wildman–Crippen MR) is 112 cm³/mol. The van der Waals surface area contributed by atoms with E-state index >= 15 is 0 Å². The molecular formula is C25H28O4. The van der Waals surface area contributed by atoms with Gasteiger partial charge in [0.25, 0.3) is 0 Å². The number of fused-ring (bicyclic) bond motifs is 5. The van der Waals surface area contributed by atoms with E-state index in [0.29, 0.717) is 18.8 Å². The smallest absolute Gasteiger partial charge is 0.346 e. The first kappa shape index (κ1) is 19.7. The van der Waals surface area contributed by atoms with Crippen LogP contribution in [0.25, 0.3) is 0 Å². The first-order valence-electron chi connectivity index (χ1n) is 10.3. The molecule has 4 nitrogen and oxygen atoms in total. The molecule has 0 aromatic heterocycles. The minimum atomic E-state index is -1.24. The maximum absolute atomic E-state index is 13.8. The number of allylic oxidation sites excluding steroid dienone is 6. The lowest BCUT2D eigenvalue weighted by atomic mass is 9.61. The highest BCUT2D eigenvalue weighted by atomic mass is 16.6. The fourth-order valence-corrected chi connectivity index (χ4v) is 4.83. The van der Waals surface area contributed by atoms with Gasteiger partial charge in [0.1, 0.15) is 17.9 Å². The zero-order valence-electron chi connectivity index (χ0n) is 17.6. The molecule has 5 rings (SSSR count). The topological polar surface area (TPSA) is 52.6 Å². The van der Waals surface area contributed by atoms with Crippen LogP contribution in [0.2, 0.25) is 0 Å². The van der Waals surface area contributed by atoms with Crippen LogP contribution in [0.5, 0.6) is 0 Å². The van der Waals surface area contributed by atoms with Gasteiger partial charge in [0.2, 0.25) is 5.78 Å². The number of hydrogen-bond donors (Lipinski definition) is 0. The molecule has 0 amide bonds. The lowest BCUT2D eigenvalue weighted by Crippen LogP contribution is -2.53. The van der Waals surface area contributed by atoms with Crippen LogP contribution < -0.4 is 0 Å². The number of carbonyl (C=O) groups excluding carboxylic acids is 2. The van der Waals surface area contributed by atoms with Crippen LogP contribution in [0.15, 0.2) is 70.6 Å². The molecule has 1 fully saturated rings. The monoisotopic (exact) mass is 392 g/mol. The Balaban J connectivity index is 1.95. The van der Waals surface area contributed by atoms with Crippen molar-refractivity contribution in [2.45, 2.75) is 52.6 Å². The number of carbonyl (C=O) groups is 2. The molecule has 5 aliphatic rings. The van der Waals surface area contributed by atoms with E-state index in [9.17, 15) is 9.59 Å². The number of ketones is 1. The van der Waals surface area contributed by atoms with E-state index in [1.165, 1.54) is 5.57 Å². The summed E-state index contributed by atoms with van der Waals surface area (Å²) in [6.07, 6.45) is 16.5. The van der Waals surface area contributed by atoms with Gasteiger partial charge in [-0.25, -0.2) is 4.79 Å². The van der Waals surface area contributed by atoms with Gasteiger partial charge >= 0.3 is 5.97 Å². The van der Waals surface area contributed by atoms with E-state index < -0.39 is 17.0 Å². The van der Waals surface area contributed by atoms with Gasteiger partial charge in [-0.05, 0) is 51.2 Å². The number of Topliss-reactive ketones (excluding diaryl/α,β-unsaturated/α-hetero) is 1. The standard InChI is InChI=1S/C25H28O4/c1-16-8-6-5-7-9-19-10-11-20(28-15-19)21-22(26)25(29-23(21)27)14-18(3)17(2)13-24(25,4)12-16/h6,8-13,18H,5,7,14-15H2,1-4H3/b8-6+,16-12+,19-9-,21-20+/t18-,24-,25+/m0/s1. The highest BCUT2D eigenvalue weighted by molar-refractivity contribution is 6.26. The Kier molecular flexibility index (Phi) is 4.76. The van der Waals surface area contributed by atoms with Gasteiger partial charge in [0.05, 0.1) is 5.41 Å². The number of esters is 1. The van der Waals surface area contributed by atoms with E-state index in [2.05, 4.69) is 44.2 Å². The van der Waals surface area contributed by atoms with E-state index in [0.717, 1.165) is 24.0 Å². The summed E-state index contributed by atoms with van der Waals surface area (Å²) in [5.41, 5.74) is 1.38. The largest absolute Gasteiger partial charge is 0.488 e. The average molecular weight is 392 g/mol. The Hall–Kier alpha value is -2.62. The molecule has 4 heteroatoms.